The van der Waals surface area contributed by atoms with Crippen molar-refractivity contribution < 1.29 is 9.90 Å². The van der Waals surface area contributed by atoms with Crippen LogP contribution in [0, 0.1) is 6.92 Å². The summed E-state index contributed by atoms with van der Waals surface area (Å²) < 4.78 is 0. The molecule has 4 heteroatoms. The lowest BCUT2D eigenvalue weighted by Gasteiger charge is -2.08. The van der Waals surface area contributed by atoms with E-state index >= 15 is 0 Å². The molecular formula is C10H10BrClO2. The fourth-order valence-electron chi connectivity index (χ4n) is 1.31. The van der Waals surface area contributed by atoms with Gasteiger partial charge in [-0.1, -0.05) is 27.5 Å². The normalized spacial score (nSPS) is 10.2. The number of carboxylic acid groups (broad SMARTS) is 1. The van der Waals surface area contributed by atoms with Gasteiger partial charge in [0.05, 0.1) is 5.56 Å². The standard InChI is InChI=1S/C10H10BrClO2/c1-6-4-8(10(13)14)7(2-3-11)9(12)5-6/h4-5H,2-3H2,1H3,(H,13,14). The monoisotopic (exact) mass is 276 g/mol. The fraction of sp³-hybridized carbons (Fsp3) is 0.300. The van der Waals surface area contributed by atoms with E-state index in [9.17, 15) is 4.79 Å². The summed E-state index contributed by atoms with van der Waals surface area (Å²) in [6, 6.07) is 3.43. The van der Waals surface area contributed by atoms with Gasteiger partial charge in [-0.25, -0.2) is 4.79 Å². The number of aromatic carboxylic acids is 1. The van der Waals surface area contributed by atoms with Crippen molar-refractivity contribution in [2.75, 3.05) is 5.33 Å². The van der Waals surface area contributed by atoms with Crippen LogP contribution in [0.5, 0.6) is 0 Å². The van der Waals surface area contributed by atoms with Crippen LogP contribution in [-0.4, -0.2) is 16.4 Å². The van der Waals surface area contributed by atoms with E-state index in [1.165, 1.54) is 0 Å². The second-order valence-electron chi connectivity index (χ2n) is 3.02. The third-order valence-corrected chi connectivity index (χ3v) is 2.65. The highest BCUT2D eigenvalue weighted by molar-refractivity contribution is 9.09. The van der Waals surface area contributed by atoms with Gasteiger partial charge in [-0.15, -0.1) is 0 Å². The Morgan fingerprint density at radius 2 is 2.21 bits per heavy atom. The molecule has 0 aromatic heterocycles. The number of halogens is 2. The van der Waals surface area contributed by atoms with Gasteiger partial charge in [0.15, 0.2) is 0 Å². The predicted octanol–water partition coefficient (Wildman–Crippen LogP) is 3.28. The van der Waals surface area contributed by atoms with E-state index in [0.29, 0.717) is 27.9 Å². The largest absolute Gasteiger partial charge is 0.478 e. The molecular weight excluding hydrogens is 267 g/mol. The lowest BCUT2D eigenvalue weighted by molar-refractivity contribution is 0.0695. The summed E-state index contributed by atoms with van der Waals surface area (Å²) >= 11 is 9.24. The number of hydrogen-bond acceptors (Lipinski definition) is 1. The lowest BCUT2D eigenvalue weighted by Crippen LogP contribution is -2.04. The molecule has 1 aromatic rings. The molecule has 0 aliphatic rings. The Kier molecular flexibility index (Phi) is 3.96. The molecule has 1 N–H and O–H groups in total. The molecule has 0 aliphatic carbocycles. The smallest absolute Gasteiger partial charge is 0.336 e. The Balaban J connectivity index is 3.28. The highest BCUT2D eigenvalue weighted by Gasteiger charge is 2.13. The van der Waals surface area contributed by atoms with Gasteiger partial charge < -0.3 is 5.11 Å². The van der Waals surface area contributed by atoms with E-state index < -0.39 is 5.97 Å². The van der Waals surface area contributed by atoms with Crippen LogP contribution in [0.25, 0.3) is 0 Å². The van der Waals surface area contributed by atoms with Crippen LogP contribution in [0.15, 0.2) is 12.1 Å². The Morgan fingerprint density at radius 3 is 2.71 bits per heavy atom. The van der Waals surface area contributed by atoms with Gasteiger partial charge in [0.1, 0.15) is 0 Å². The minimum absolute atomic E-state index is 0.300. The maximum absolute atomic E-state index is 10.9. The Hall–Kier alpha value is -0.540. The van der Waals surface area contributed by atoms with Crippen molar-refractivity contribution in [3.05, 3.63) is 33.8 Å². The van der Waals surface area contributed by atoms with Crippen molar-refractivity contribution in [2.45, 2.75) is 13.3 Å². The van der Waals surface area contributed by atoms with Crippen LogP contribution >= 0.6 is 27.5 Å². The average Bonchev–Trinajstić information content (AvgIpc) is 2.09. The summed E-state index contributed by atoms with van der Waals surface area (Å²) in [5.41, 5.74) is 1.86. The second-order valence-corrected chi connectivity index (χ2v) is 4.22. The summed E-state index contributed by atoms with van der Waals surface area (Å²) in [5, 5.41) is 10.2. The third-order valence-electron chi connectivity index (χ3n) is 1.91. The van der Waals surface area contributed by atoms with E-state index in [4.69, 9.17) is 16.7 Å². The Morgan fingerprint density at radius 1 is 1.57 bits per heavy atom. The van der Waals surface area contributed by atoms with Gasteiger partial charge in [-0.05, 0) is 36.6 Å². The van der Waals surface area contributed by atoms with Gasteiger partial charge in [-0.3, -0.25) is 0 Å². The molecule has 0 saturated heterocycles. The summed E-state index contributed by atoms with van der Waals surface area (Å²) in [4.78, 5) is 10.9. The van der Waals surface area contributed by atoms with Crippen LogP contribution in [0.2, 0.25) is 5.02 Å². The molecule has 0 aliphatic heterocycles. The molecule has 0 saturated carbocycles. The SMILES string of the molecule is Cc1cc(Cl)c(CCBr)c(C(=O)O)c1. The molecule has 14 heavy (non-hydrogen) atoms. The van der Waals surface area contributed by atoms with Crippen molar-refractivity contribution >= 4 is 33.5 Å². The summed E-state index contributed by atoms with van der Waals surface area (Å²) in [6.45, 7) is 1.83. The van der Waals surface area contributed by atoms with Crippen molar-refractivity contribution in [1.82, 2.24) is 0 Å². The zero-order valence-electron chi connectivity index (χ0n) is 7.68. The predicted molar refractivity (Wildman–Crippen MR) is 60.6 cm³/mol. The minimum Gasteiger partial charge on any atom is -0.478 e. The van der Waals surface area contributed by atoms with E-state index in [2.05, 4.69) is 15.9 Å². The van der Waals surface area contributed by atoms with Crippen molar-refractivity contribution in [2.24, 2.45) is 0 Å². The van der Waals surface area contributed by atoms with Crippen LogP contribution < -0.4 is 0 Å². The van der Waals surface area contributed by atoms with E-state index in [-0.39, 0.29) is 0 Å². The Bertz CT molecular complexity index is 363. The van der Waals surface area contributed by atoms with E-state index in [0.717, 1.165) is 5.56 Å². The van der Waals surface area contributed by atoms with E-state index in [1.54, 1.807) is 12.1 Å². The van der Waals surface area contributed by atoms with Crippen LogP contribution in [-0.2, 0) is 6.42 Å². The topological polar surface area (TPSA) is 37.3 Å². The molecule has 2 nitrogen and oxygen atoms in total. The second kappa shape index (κ2) is 4.80. The van der Waals surface area contributed by atoms with Gasteiger partial charge in [-0.2, -0.15) is 0 Å². The number of carboxylic acids is 1. The molecule has 0 bridgehead atoms. The first-order valence-electron chi connectivity index (χ1n) is 4.14. The number of rotatable bonds is 3. The number of benzene rings is 1. The van der Waals surface area contributed by atoms with Crippen molar-refractivity contribution in [3.8, 4) is 0 Å². The zero-order valence-corrected chi connectivity index (χ0v) is 10.0. The molecule has 0 unspecified atom stereocenters. The molecule has 0 spiro atoms. The summed E-state index contributed by atoms with van der Waals surface area (Å²) in [6.07, 6.45) is 0.626. The minimum atomic E-state index is -0.924. The molecule has 1 rings (SSSR count). The number of aryl methyl sites for hydroxylation is 1. The zero-order chi connectivity index (χ0) is 10.7. The number of alkyl halides is 1. The van der Waals surface area contributed by atoms with Gasteiger partial charge in [0, 0.05) is 10.4 Å². The average molecular weight is 278 g/mol. The van der Waals surface area contributed by atoms with E-state index in [1.807, 2.05) is 6.92 Å². The third kappa shape index (κ3) is 2.49. The van der Waals surface area contributed by atoms with Crippen molar-refractivity contribution in [3.63, 3.8) is 0 Å². The van der Waals surface area contributed by atoms with Crippen LogP contribution in [0.3, 0.4) is 0 Å². The first-order valence-corrected chi connectivity index (χ1v) is 5.64. The molecule has 76 valence electrons. The van der Waals surface area contributed by atoms with Gasteiger partial charge in [0.2, 0.25) is 0 Å². The molecule has 0 atom stereocenters. The van der Waals surface area contributed by atoms with Crippen LogP contribution in [0.4, 0.5) is 0 Å². The molecule has 0 heterocycles. The highest BCUT2D eigenvalue weighted by atomic mass is 79.9. The first kappa shape index (κ1) is 11.5. The lowest BCUT2D eigenvalue weighted by atomic mass is 10.0. The molecule has 0 amide bonds. The first-order chi connectivity index (χ1) is 6.56. The summed E-state index contributed by atoms with van der Waals surface area (Å²) in [5.74, 6) is -0.924. The molecule has 0 fully saturated rings. The number of hydrogen-bond donors (Lipinski definition) is 1. The maximum Gasteiger partial charge on any atom is 0.336 e. The molecule has 0 radical (unpaired) electrons. The summed E-state index contributed by atoms with van der Waals surface area (Å²) in [7, 11) is 0. The van der Waals surface area contributed by atoms with Gasteiger partial charge >= 0.3 is 5.97 Å². The van der Waals surface area contributed by atoms with Crippen LogP contribution in [0.1, 0.15) is 21.5 Å². The highest BCUT2D eigenvalue weighted by Crippen LogP contribution is 2.23. The quantitative estimate of drug-likeness (QED) is 0.861. The fourth-order valence-corrected chi connectivity index (χ4v) is 2.08. The molecule has 1 aromatic carbocycles. The van der Waals surface area contributed by atoms with Gasteiger partial charge in [0.25, 0.3) is 0 Å². The Labute approximate surface area is 96.0 Å². The number of carbonyl (C=O) groups is 1. The van der Waals surface area contributed by atoms with Crippen molar-refractivity contribution in [1.29, 1.82) is 0 Å². The maximum atomic E-state index is 10.9.